The normalized spacial score (nSPS) is 29.5. The molecule has 98 valence electrons. The van der Waals surface area contributed by atoms with Crippen LogP contribution in [0.5, 0.6) is 0 Å². The lowest BCUT2D eigenvalue weighted by Crippen LogP contribution is -2.46. The molecule has 2 fully saturated rings. The molecule has 0 amide bonds. The van der Waals surface area contributed by atoms with Crippen LogP contribution in [0, 0.1) is 0 Å². The molecule has 0 radical (unpaired) electrons. The van der Waals surface area contributed by atoms with Crippen molar-refractivity contribution in [1.82, 2.24) is 4.90 Å². The summed E-state index contributed by atoms with van der Waals surface area (Å²) in [6.07, 6.45) is 4.88. The molecule has 0 bridgehead atoms. The summed E-state index contributed by atoms with van der Waals surface area (Å²) < 4.78 is 0. The summed E-state index contributed by atoms with van der Waals surface area (Å²) in [6.45, 7) is 1.15. The number of halogens is 2. The molecule has 1 saturated heterocycles. The van der Waals surface area contributed by atoms with Gasteiger partial charge in [-0.1, -0.05) is 23.2 Å². The van der Waals surface area contributed by atoms with Crippen molar-refractivity contribution in [3.8, 4) is 0 Å². The van der Waals surface area contributed by atoms with E-state index in [-0.39, 0.29) is 12.1 Å². The quantitative estimate of drug-likeness (QED) is 0.899. The number of rotatable bonds is 2. The predicted octanol–water partition coefficient (Wildman–Crippen LogP) is 3.62. The van der Waals surface area contributed by atoms with Crippen LogP contribution in [0.25, 0.3) is 0 Å². The Morgan fingerprint density at radius 2 is 1.72 bits per heavy atom. The molecular formula is C14H18Cl2N2. The molecule has 2 N–H and O–H groups in total. The van der Waals surface area contributed by atoms with Gasteiger partial charge in [-0.2, -0.15) is 0 Å². The Labute approximate surface area is 118 Å². The van der Waals surface area contributed by atoms with Crippen molar-refractivity contribution in [3.05, 3.63) is 33.8 Å². The fourth-order valence-corrected chi connectivity index (χ4v) is 3.60. The number of benzene rings is 1. The maximum Gasteiger partial charge on any atom is 0.0503 e. The van der Waals surface area contributed by atoms with Crippen LogP contribution in [0.2, 0.25) is 10.0 Å². The average Bonchev–Trinajstić information content (AvgIpc) is 3.10. The van der Waals surface area contributed by atoms with Crippen LogP contribution in [0.4, 0.5) is 0 Å². The third-order valence-electron chi connectivity index (χ3n) is 3.96. The highest BCUT2D eigenvalue weighted by Crippen LogP contribution is 2.40. The van der Waals surface area contributed by atoms with Gasteiger partial charge in [0.2, 0.25) is 0 Å². The molecule has 18 heavy (non-hydrogen) atoms. The molecule has 2 atom stereocenters. The van der Waals surface area contributed by atoms with Gasteiger partial charge in [0.25, 0.3) is 0 Å². The van der Waals surface area contributed by atoms with E-state index in [0.29, 0.717) is 10.0 Å². The van der Waals surface area contributed by atoms with E-state index in [4.69, 9.17) is 28.9 Å². The smallest absolute Gasteiger partial charge is 0.0503 e. The minimum atomic E-state index is 0.189. The SMILES string of the molecule is NC1CCCN(C2CC2)C1c1cc(Cl)cc(Cl)c1. The van der Waals surface area contributed by atoms with Crippen molar-refractivity contribution < 1.29 is 0 Å². The van der Waals surface area contributed by atoms with E-state index in [9.17, 15) is 0 Å². The first-order valence-electron chi connectivity index (χ1n) is 6.62. The zero-order chi connectivity index (χ0) is 12.7. The first-order chi connectivity index (χ1) is 8.65. The third-order valence-corrected chi connectivity index (χ3v) is 4.40. The molecule has 1 heterocycles. The molecule has 2 unspecified atom stereocenters. The van der Waals surface area contributed by atoms with Crippen LogP contribution in [-0.2, 0) is 0 Å². The Balaban J connectivity index is 1.94. The summed E-state index contributed by atoms with van der Waals surface area (Å²) in [4.78, 5) is 2.55. The van der Waals surface area contributed by atoms with Crippen LogP contribution < -0.4 is 5.73 Å². The second-order valence-electron chi connectivity index (χ2n) is 5.42. The molecule has 1 saturated carbocycles. The van der Waals surface area contributed by atoms with E-state index in [1.54, 1.807) is 6.07 Å². The Bertz CT molecular complexity index is 425. The van der Waals surface area contributed by atoms with Crippen LogP contribution >= 0.6 is 23.2 Å². The fraction of sp³-hybridized carbons (Fsp3) is 0.571. The van der Waals surface area contributed by atoms with Crippen LogP contribution in [0.1, 0.15) is 37.3 Å². The number of nitrogens with two attached hydrogens (primary N) is 1. The largest absolute Gasteiger partial charge is 0.326 e. The van der Waals surface area contributed by atoms with Gasteiger partial charge in [0.15, 0.2) is 0 Å². The van der Waals surface area contributed by atoms with E-state index >= 15 is 0 Å². The molecule has 1 aliphatic carbocycles. The van der Waals surface area contributed by atoms with E-state index in [2.05, 4.69) is 4.90 Å². The molecule has 0 spiro atoms. The first-order valence-corrected chi connectivity index (χ1v) is 7.38. The van der Waals surface area contributed by atoms with Gasteiger partial charge in [-0.15, -0.1) is 0 Å². The molecular weight excluding hydrogens is 267 g/mol. The maximum atomic E-state index is 6.34. The zero-order valence-corrected chi connectivity index (χ0v) is 11.8. The number of nitrogens with zero attached hydrogens (tertiary/aromatic N) is 1. The highest BCUT2D eigenvalue weighted by Gasteiger charge is 2.39. The van der Waals surface area contributed by atoms with E-state index < -0.39 is 0 Å². The molecule has 1 aliphatic heterocycles. The second kappa shape index (κ2) is 5.01. The molecule has 1 aromatic rings. The maximum absolute atomic E-state index is 6.34. The van der Waals surface area contributed by atoms with E-state index in [1.165, 1.54) is 24.8 Å². The summed E-state index contributed by atoms with van der Waals surface area (Å²) in [7, 11) is 0. The Kier molecular flexibility index (Phi) is 3.55. The van der Waals surface area contributed by atoms with Crippen molar-refractivity contribution in [2.75, 3.05) is 6.54 Å². The van der Waals surface area contributed by atoms with Crippen molar-refractivity contribution in [3.63, 3.8) is 0 Å². The molecule has 0 aromatic heterocycles. The molecule has 4 heteroatoms. The van der Waals surface area contributed by atoms with Crippen LogP contribution in [0.3, 0.4) is 0 Å². The van der Waals surface area contributed by atoms with Gasteiger partial charge in [0.05, 0.1) is 6.04 Å². The number of hydrogen-bond donors (Lipinski definition) is 1. The monoisotopic (exact) mass is 284 g/mol. The standard InChI is InChI=1S/C14H18Cl2N2/c15-10-6-9(7-11(16)8-10)14-13(17)2-1-5-18(14)12-3-4-12/h6-8,12-14H,1-5,17H2. The van der Waals surface area contributed by atoms with Gasteiger partial charge in [-0.25, -0.2) is 0 Å². The average molecular weight is 285 g/mol. The topological polar surface area (TPSA) is 29.3 Å². The van der Waals surface area contributed by atoms with Gasteiger partial charge >= 0.3 is 0 Å². The van der Waals surface area contributed by atoms with Gasteiger partial charge in [0, 0.05) is 22.1 Å². The lowest BCUT2D eigenvalue weighted by molar-refractivity contribution is 0.120. The number of likely N-dealkylation sites (tertiary alicyclic amines) is 1. The van der Waals surface area contributed by atoms with E-state index in [1.807, 2.05) is 12.1 Å². The lowest BCUT2D eigenvalue weighted by atomic mass is 9.91. The third kappa shape index (κ3) is 2.53. The van der Waals surface area contributed by atoms with Crippen LogP contribution in [-0.4, -0.2) is 23.5 Å². The molecule has 2 aliphatic rings. The van der Waals surface area contributed by atoms with Crippen molar-refractivity contribution in [1.29, 1.82) is 0 Å². The van der Waals surface area contributed by atoms with Gasteiger partial charge < -0.3 is 5.73 Å². The first kappa shape index (κ1) is 12.7. The van der Waals surface area contributed by atoms with E-state index in [0.717, 1.165) is 19.0 Å². The van der Waals surface area contributed by atoms with Crippen molar-refractivity contribution in [2.45, 2.75) is 43.8 Å². The molecule has 2 nitrogen and oxygen atoms in total. The Morgan fingerprint density at radius 3 is 2.33 bits per heavy atom. The summed E-state index contributed by atoms with van der Waals surface area (Å²) in [5.74, 6) is 0. The summed E-state index contributed by atoms with van der Waals surface area (Å²) in [5, 5.41) is 1.40. The second-order valence-corrected chi connectivity index (χ2v) is 6.30. The summed E-state index contributed by atoms with van der Waals surface area (Å²) in [6, 6.07) is 7.00. The molecule has 1 aromatic carbocycles. The minimum Gasteiger partial charge on any atom is -0.326 e. The summed E-state index contributed by atoms with van der Waals surface area (Å²) in [5.41, 5.74) is 7.51. The van der Waals surface area contributed by atoms with Gasteiger partial charge in [-0.05, 0) is 56.0 Å². The Morgan fingerprint density at radius 1 is 1.06 bits per heavy atom. The van der Waals surface area contributed by atoms with Crippen molar-refractivity contribution in [2.24, 2.45) is 5.73 Å². The number of piperidine rings is 1. The Hall–Kier alpha value is -0.280. The fourth-order valence-electron chi connectivity index (χ4n) is 3.05. The summed E-state index contributed by atoms with van der Waals surface area (Å²) >= 11 is 12.2. The van der Waals surface area contributed by atoms with Crippen molar-refractivity contribution >= 4 is 23.2 Å². The lowest BCUT2D eigenvalue weighted by Gasteiger charge is -2.40. The molecule has 3 rings (SSSR count). The highest BCUT2D eigenvalue weighted by atomic mass is 35.5. The zero-order valence-electron chi connectivity index (χ0n) is 10.3. The van der Waals surface area contributed by atoms with Gasteiger partial charge in [0.1, 0.15) is 0 Å². The number of hydrogen-bond acceptors (Lipinski definition) is 2. The minimum absolute atomic E-state index is 0.189. The van der Waals surface area contributed by atoms with Crippen LogP contribution in [0.15, 0.2) is 18.2 Å². The van der Waals surface area contributed by atoms with Gasteiger partial charge in [-0.3, -0.25) is 4.90 Å². The predicted molar refractivity (Wildman–Crippen MR) is 76.1 cm³/mol. The highest BCUT2D eigenvalue weighted by molar-refractivity contribution is 6.34.